The summed E-state index contributed by atoms with van der Waals surface area (Å²) < 4.78 is 118. The predicted octanol–water partition coefficient (Wildman–Crippen LogP) is -0.0444. The van der Waals surface area contributed by atoms with Crippen LogP contribution < -0.4 is 0 Å². The zero-order chi connectivity index (χ0) is 21.8. The van der Waals surface area contributed by atoms with Gasteiger partial charge in [0.1, 0.15) is 0 Å². The number of hydrogen-bond acceptors (Lipinski definition) is 12. The van der Waals surface area contributed by atoms with E-state index in [9.17, 15) is 33.7 Å². The Morgan fingerprint density at radius 1 is 0.379 bits per heavy atom. The molecule has 2 saturated heterocycles. The van der Waals surface area contributed by atoms with Crippen molar-refractivity contribution in [3.63, 3.8) is 0 Å². The van der Waals surface area contributed by atoms with Gasteiger partial charge in [-0.25, -0.2) is 0 Å². The van der Waals surface area contributed by atoms with Gasteiger partial charge >= 0.3 is 179 Å². The normalized spacial score (nSPS) is 30.3. The Bertz CT molecular complexity index is 818. The summed E-state index contributed by atoms with van der Waals surface area (Å²) in [6.07, 6.45) is 1.90. The molecular formula is C12H24O12S4Sn. The second-order valence-corrected chi connectivity index (χ2v) is 22.0. The molecule has 0 aromatic rings. The van der Waals surface area contributed by atoms with Crippen molar-refractivity contribution in [2.45, 2.75) is 51.4 Å². The van der Waals surface area contributed by atoms with E-state index in [0.29, 0.717) is 25.7 Å². The van der Waals surface area contributed by atoms with Crippen molar-refractivity contribution in [3.8, 4) is 0 Å². The van der Waals surface area contributed by atoms with Crippen LogP contribution in [0.5, 0.6) is 0 Å². The summed E-state index contributed by atoms with van der Waals surface area (Å²) in [6.45, 7) is 0. The molecule has 2 aliphatic heterocycles. The standard InChI is InChI=1S/2C6H14O6S2.Sn/c2*7-13(8,9)5-3-1-2-4-6-14(10,11)12;/h2*1-6H2,(H,7,8,9)(H,10,11,12);/q;;+4/p-4. The first-order chi connectivity index (χ1) is 13.2. The summed E-state index contributed by atoms with van der Waals surface area (Å²) in [5.41, 5.74) is 0. The van der Waals surface area contributed by atoms with Gasteiger partial charge in [-0.3, -0.25) is 0 Å². The molecule has 1 spiro atoms. The van der Waals surface area contributed by atoms with Gasteiger partial charge in [0.05, 0.1) is 0 Å². The Labute approximate surface area is 177 Å². The van der Waals surface area contributed by atoms with Crippen LogP contribution in [0.4, 0.5) is 0 Å². The van der Waals surface area contributed by atoms with Crippen LogP contribution in [0.2, 0.25) is 0 Å². The molecule has 0 radical (unpaired) electrons. The Hall–Kier alpha value is 0.439. The fourth-order valence-electron chi connectivity index (χ4n) is 2.69. The molecule has 12 nitrogen and oxygen atoms in total. The van der Waals surface area contributed by atoms with Gasteiger partial charge in [-0.2, -0.15) is 0 Å². The van der Waals surface area contributed by atoms with Crippen LogP contribution in [-0.4, -0.2) is 76.7 Å². The van der Waals surface area contributed by atoms with Crippen molar-refractivity contribution in [3.05, 3.63) is 0 Å². The molecule has 2 aliphatic rings. The predicted molar refractivity (Wildman–Crippen MR) is 102 cm³/mol. The molecule has 172 valence electrons. The second-order valence-electron chi connectivity index (χ2n) is 6.71. The molecule has 0 aromatic carbocycles. The first kappa shape index (κ1) is 25.7. The van der Waals surface area contributed by atoms with Gasteiger partial charge in [0, 0.05) is 0 Å². The molecule has 29 heavy (non-hydrogen) atoms. The molecule has 17 heteroatoms. The average molecular weight is 607 g/mol. The summed E-state index contributed by atoms with van der Waals surface area (Å²) in [5, 5.41) is 0. The molecule has 0 N–H and O–H groups in total. The SMILES string of the molecule is O=S1(=O)CCCCCCS(=O)(=O)[O][Sn]2([O]1)[O]S(=O)(=O)CCCCCCS(=O)(=O)[O]2. The maximum atomic E-state index is 12.3. The average Bonchev–Trinajstić information content (AvgIpc) is 2.53. The number of hydrogen-bond donors (Lipinski definition) is 0. The van der Waals surface area contributed by atoms with Crippen molar-refractivity contribution in [2.24, 2.45) is 0 Å². The summed E-state index contributed by atoms with van der Waals surface area (Å²) in [5.74, 6) is -2.38. The molecule has 0 atom stereocenters. The summed E-state index contributed by atoms with van der Waals surface area (Å²) in [4.78, 5) is 0. The van der Waals surface area contributed by atoms with Crippen LogP contribution in [0.1, 0.15) is 51.4 Å². The van der Waals surface area contributed by atoms with Gasteiger partial charge in [0.15, 0.2) is 0 Å². The first-order valence-corrected chi connectivity index (χ1v) is 19.9. The molecule has 2 heterocycles. The Morgan fingerprint density at radius 2 is 0.586 bits per heavy atom. The Morgan fingerprint density at radius 3 is 0.793 bits per heavy atom. The fraction of sp³-hybridized carbons (Fsp3) is 1.00. The minimum atomic E-state index is -6.77. The van der Waals surface area contributed by atoms with Crippen molar-refractivity contribution in [1.82, 2.24) is 0 Å². The van der Waals surface area contributed by atoms with Crippen molar-refractivity contribution >= 4 is 60.5 Å². The van der Waals surface area contributed by atoms with Crippen molar-refractivity contribution in [2.75, 3.05) is 23.0 Å². The van der Waals surface area contributed by atoms with E-state index in [0.717, 1.165) is 0 Å². The van der Waals surface area contributed by atoms with E-state index in [1.54, 1.807) is 0 Å². The molecule has 0 amide bonds. The van der Waals surface area contributed by atoms with Gasteiger partial charge < -0.3 is 0 Å². The topological polar surface area (TPSA) is 173 Å². The quantitative estimate of drug-likeness (QED) is 0.337. The van der Waals surface area contributed by atoms with Crippen LogP contribution in [0, 0.1) is 0 Å². The van der Waals surface area contributed by atoms with E-state index in [4.69, 9.17) is 10.1 Å². The van der Waals surface area contributed by atoms with Crippen LogP contribution in [0.15, 0.2) is 0 Å². The summed E-state index contributed by atoms with van der Waals surface area (Å²) >= 11 is -6.77. The molecule has 0 aliphatic carbocycles. The van der Waals surface area contributed by atoms with Gasteiger partial charge in [0.25, 0.3) is 0 Å². The van der Waals surface area contributed by atoms with E-state index in [1.165, 1.54) is 0 Å². The van der Waals surface area contributed by atoms with Gasteiger partial charge in [-0.15, -0.1) is 0 Å². The van der Waals surface area contributed by atoms with Gasteiger partial charge in [-0.05, 0) is 0 Å². The van der Waals surface area contributed by atoms with Crippen LogP contribution >= 0.6 is 0 Å². The van der Waals surface area contributed by atoms with Crippen LogP contribution in [-0.2, 0) is 50.6 Å². The third-order valence-electron chi connectivity index (χ3n) is 3.99. The molecular weight excluding hydrogens is 583 g/mol. The van der Waals surface area contributed by atoms with Crippen molar-refractivity contribution < 1.29 is 43.8 Å². The minimum absolute atomic E-state index is 0.101. The molecule has 2 rings (SSSR count). The molecule has 0 saturated carbocycles. The van der Waals surface area contributed by atoms with Crippen LogP contribution in [0.25, 0.3) is 0 Å². The maximum absolute atomic E-state index is 12.3. The van der Waals surface area contributed by atoms with Crippen LogP contribution in [0.3, 0.4) is 0 Å². The van der Waals surface area contributed by atoms with Gasteiger partial charge in [-0.1, -0.05) is 0 Å². The summed E-state index contributed by atoms with van der Waals surface area (Å²) in [6, 6.07) is 0. The molecule has 0 unspecified atom stereocenters. The monoisotopic (exact) mass is 608 g/mol. The Balaban J connectivity index is 2.60. The number of rotatable bonds is 0. The molecule has 2 fully saturated rings. The van der Waals surface area contributed by atoms with E-state index < -0.39 is 83.5 Å². The van der Waals surface area contributed by atoms with Gasteiger partial charge in [0.2, 0.25) is 0 Å². The third-order valence-corrected chi connectivity index (χ3v) is 24.7. The van der Waals surface area contributed by atoms with E-state index in [-0.39, 0.29) is 25.7 Å². The Kier molecular flexibility index (Phi) is 8.80. The van der Waals surface area contributed by atoms with Crippen molar-refractivity contribution in [1.29, 1.82) is 0 Å². The second kappa shape index (κ2) is 9.93. The van der Waals surface area contributed by atoms with E-state index in [2.05, 4.69) is 0 Å². The zero-order valence-corrected chi connectivity index (χ0v) is 21.6. The fourth-order valence-corrected chi connectivity index (χ4v) is 25.0. The summed E-state index contributed by atoms with van der Waals surface area (Å²) in [7, 11) is -18.4. The van der Waals surface area contributed by atoms with E-state index >= 15 is 0 Å². The van der Waals surface area contributed by atoms with E-state index in [1.807, 2.05) is 0 Å². The molecule has 0 aromatic heterocycles. The molecule has 0 bridgehead atoms. The zero-order valence-electron chi connectivity index (χ0n) is 15.5. The first-order valence-electron chi connectivity index (χ1n) is 8.97. The third kappa shape index (κ3) is 9.22.